The van der Waals surface area contributed by atoms with Gasteiger partial charge in [0, 0.05) is 18.4 Å². The van der Waals surface area contributed by atoms with Crippen molar-refractivity contribution in [3.05, 3.63) is 30.1 Å². The molecule has 1 aliphatic rings. The number of pyridine rings is 1. The van der Waals surface area contributed by atoms with Gasteiger partial charge in [0.15, 0.2) is 0 Å². The van der Waals surface area contributed by atoms with Crippen LogP contribution >= 0.6 is 0 Å². The second kappa shape index (κ2) is 5.97. The average Bonchev–Trinajstić information content (AvgIpc) is 2.38. The van der Waals surface area contributed by atoms with Gasteiger partial charge in [0.1, 0.15) is 0 Å². The van der Waals surface area contributed by atoms with Crippen molar-refractivity contribution in [2.24, 2.45) is 5.92 Å². The molecule has 1 fully saturated rings. The number of nitrogens with zero attached hydrogens (tertiary/aromatic N) is 1. The van der Waals surface area contributed by atoms with Crippen molar-refractivity contribution in [3.63, 3.8) is 0 Å². The highest BCUT2D eigenvalue weighted by Crippen LogP contribution is 2.14. The third-order valence-electron chi connectivity index (χ3n) is 3.38. The van der Waals surface area contributed by atoms with Crippen molar-refractivity contribution in [2.75, 3.05) is 19.6 Å². The van der Waals surface area contributed by atoms with E-state index in [9.17, 15) is 0 Å². The number of hydrogen-bond donors (Lipinski definition) is 2. The predicted octanol–water partition coefficient (Wildman–Crippen LogP) is 1.73. The molecule has 1 atom stereocenters. The highest BCUT2D eigenvalue weighted by molar-refractivity contribution is 5.13. The molecule has 0 aliphatic carbocycles. The van der Waals surface area contributed by atoms with Crippen LogP contribution in [0.4, 0.5) is 0 Å². The minimum Gasteiger partial charge on any atom is -0.317 e. The van der Waals surface area contributed by atoms with Crippen molar-refractivity contribution < 1.29 is 0 Å². The Bertz CT molecular complexity index is 293. The summed E-state index contributed by atoms with van der Waals surface area (Å²) >= 11 is 0. The molecule has 16 heavy (non-hydrogen) atoms. The van der Waals surface area contributed by atoms with Gasteiger partial charge < -0.3 is 10.6 Å². The van der Waals surface area contributed by atoms with E-state index in [2.05, 4.69) is 34.7 Å². The Morgan fingerprint density at radius 3 is 2.75 bits per heavy atom. The first-order valence-electron chi connectivity index (χ1n) is 6.20. The largest absolute Gasteiger partial charge is 0.317 e. The van der Waals surface area contributed by atoms with Crippen molar-refractivity contribution in [1.82, 2.24) is 15.6 Å². The second-order valence-electron chi connectivity index (χ2n) is 4.60. The minimum absolute atomic E-state index is 0.429. The molecule has 1 aromatic rings. The Morgan fingerprint density at radius 1 is 1.38 bits per heavy atom. The van der Waals surface area contributed by atoms with E-state index >= 15 is 0 Å². The molecule has 0 amide bonds. The quantitative estimate of drug-likeness (QED) is 0.810. The van der Waals surface area contributed by atoms with E-state index in [0.717, 1.165) is 12.5 Å². The summed E-state index contributed by atoms with van der Waals surface area (Å²) in [6.45, 7) is 5.70. The second-order valence-corrected chi connectivity index (χ2v) is 4.60. The van der Waals surface area contributed by atoms with Crippen molar-refractivity contribution in [2.45, 2.75) is 25.8 Å². The lowest BCUT2D eigenvalue weighted by Crippen LogP contribution is -2.34. The fraction of sp³-hybridized carbons (Fsp3) is 0.615. The lowest BCUT2D eigenvalue weighted by molar-refractivity contribution is 0.345. The first kappa shape index (κ1) is 11.6. The standard InChI is InChI=1S/C13H21N3/c1-11(13-4-8-15-9-5-13)16-10-12-2-6-14-7-3-12/h4-5,8-9,11-12,14,16H,2-3,6-7,10H2,1H3/t11-/m0/s1. The molecule has 88 valence electrons. The lowest BCUT2D eigenvalue weighted by Gasteiger charge is -2.24. The summed E-state index contributed by atoms with van der Waals surface area (Å²) in [4.78, 5) is 4.04. The average molecular weight is 219 g/mol. The summed E-state index contributed by atoms with van der Waals surface area (Å²) < 4.78 is 0. The SMILES string of the molecule is C[C@H](NCC1CCNCC1)c1ccncc1. The summed E-state index contributed by atoms with van der Waals surface area (Å²) in [5.41, 5.74) is 1.32. The number of rotatable bonds is 4. The monoisotopic (exact) mass is 219 g/mol. The minimum atomic E-state index is 0.429. The molecule has 2 N–H and O–H groups in total. The number of hydrogen-bond acceptors (Lipinski definition) is 3. The maximum absolute atomic E-state index is 4.04. The fourth-order valence-electron chi connectivity index (χ4n) is 2.20. The number of aromatic nitrogens is 1. The number of nitrogens with one attached hydrogen (secondary N) is 2. The fourth-order valence-corrected chi connectivity index (χ4v) is 2.20. The zero-order valence-corrected chi connectivity index (χ0v) is 9.95. The van der Waals surface area contributed by atoms with Gasteiger partial charge in [-0.05, 0) is 63.0 Å². The highest BCUT2D eigenvalue weighted by Gasteiger charge is 2.13. The van der Waals surface area contributed by atoms with E-state index in [4.69, 9.17) is 0 Å². The van der Waals surface area contributed by atoms with Gasteiger partial charge in [-0.3, -0.25) is 4.98 Å². The molecule has 0 radical (unpaired) electrons. The van der Waals surface area contributed by atoms with Crippen molar-refractivity contribution in [1.29, 1.82) is 0 Å². The summed E-state index contributed by atoms with van der Waals surface area (Å²) in [5, 5.41) is 7.01. The van der Waals surface area contributed by atoms with E-state index in [1.165, 1.54) is 31.5 Å². The molecular formula is C13H21N3. The summed E-state index contributed by atoms with van der Waals surface area (Å²) in [6, 6.07) is 4.60. The van der Waals surface area contributed by atoms with Crippen LogP contribution in [0.15, 0.2) is 24.5 Å². The maximum Gasteiger partial charge on any atom is 0.0293 e. The zero-order chi connectivity index (χ0) is 11.2. The van der Waals surface area contributed by atoms with Gasteiger partial charge in [0.05, 0.1) is 0 Å². The van der Waals surface area contributed by atoms with Crippen LogP contribution < -0.4 is 10.6 Å². The maximum atomic E-state index is 4.04. The molecule has 1 aliphatic heterocycles. The van der Waals surface area contributed by atoms with Gasteiger partial charge >= 0.3 is 0 Å². The van der Waals surface area contributed by atoms with Gasteiger partial charge in [0.25, 0.3) is 0 Å². The van der Waals surface area contributed by atoms with Gasteiger partial charge in [-0.2, -0.15) is 0 Å². The van der Waals surface area contributed by atoms with Gasteiger partial charge in [-0.25, -0.2) is 0 Å². The molecule has 0 unspecified atom stereocenters. The Labute approximate surface area is 97.7 Å². The van der Waals surface area contributed by atoms with Gasteiger partial charge in [-0.1, -0.05) is 0 Å². The van der Waals surface area contributed by atoms with E-state index < -0.39 is 0 Å². The smallest absolute Gasteiger partial charge is 0.0293 e. The first-order chi connectivity index (χ1) is 7.86. The molecule has 3 heteroatoms. The summed E-state index contributed by atoms with van der Waals surface area (Å²) in [6.07, 6.45) is 6.32. The highest BCUT2D eigenvalue weighted by atomic mass is 14.9. The summed E-state index contributed by atoms with van der Waals surface area (Å²) in [5.74, 6) is 0.838. The van der Waals surface area contributed by atoms with Gasteiger partial charge in [0.2, 0.25) is 0 Å². The summed E-state index contributed by atoms with van der Waals surface area (Å²) in [7, 11) is 0. The Morgan fingerprint density at radius 2 is 2.06 bits per heavy atom. The molecule has 1 saturated heterocycles. The van der Waals surface area contributed by atoms with Crippen LogP contribution in [-0.2, 0) is 0 Å². The van der Waals surface area contributed by atoms with Crippen LogP contribution in [0, 0.1) is 5.92 Å². The van der Waals surface area contributed by atoms with Crippen molar-refractivity contribution in [3.8, 4) is 0 Å². The Kier molecular flexibility index (Phi) is 4.31. The van der Waals surface area contributed by atoms with E-state index in [1.807, 2.05) is 12.4 Å². The van der Waals surface area contributed by atoms with Crippen LogP contribution in [0.3, 0.4) is 0 Å². The number of piperidine rings is 1. The van der Waals surface area contributed by atoms with E-state index in [0.29, 0.717) is 6.04 Å². The van der Waals surface area contributed by atoms with E-state index in [-0.39, 0.29) is 0 Å². The molecular weight excluding hydrogens is 198 g/mol. The van der Waals surface area contributed by atoms with Crippen molar-refractivity contribution >= 4 is 0 Å². The van der Waals surface area contributed by atoms with Crippen LogP contribution in [0.2, 0.25) is 0 Å². The molecule has 0 spiro atoms. The van der Waals surface area contributed by atoms with Crippen LogP contribution in [0.25, 0.3) is 0 Å². The van der Waals surface area contributed by atoms with E-state index in [1.54, 1.807) is 0 Å². The van der Waals surface area contributed by atoms with Crippen LogP contribution in [-0.4, -0.2) is 24.6 Å². The molecule has 0 saturated carbocycles. The molecule has 1 aromatic heterocycles. The predicted molar refractivity (Wildman–Crippen MR) is 66.2 cm³/mol. The van der Waals surface area contributed by atoms with Crippen LogP contribution in [0.1, 0.15) is 31.4 Å². The zero-order valence-electron chi connectivity index (χ0n) is 9.95. The topological polar surface area (TPSA) is 37.0 Å². The molecule has 2 rings (SSSR count). The lowest BCUT2D eigenvalue weighted by atomic mass is 9.97. The van der Waals surface area contributed by atoms with Gasteiger partial charge in [-0.15, -0.1) is 0 Å². The first-order valence-corrected chi connectivity index (χ1v) is 6.20. The molecule has 0 bridgehead atoms. The Balaban J connectivity index is 1.77. The third-order valence-corrected chi connectivity index (χ3v) is 3.38. The normalized spacial score (nSPS) is 19.6. The Hall–Kier alpha value is -0.930. The molecule has 0 aromatic carbocycles. The molecule has 3 nitrogen and oxygen atoms in total. The molecule has 2 heterocycles. The van der Waals surface area contributed by atoms with Crippen LogP contribution in [0.5, 0.6) is 0 Å². The third kappa shape index (κ3) is 3.29.